The van der Waals surface area contributed by atoms with E-state index in [0.717, 1.165) is 12.0 Å². The maximum atomic E-state index is 13.8. The lowest BCUT2D eigenvalue weighted by Crippen LogP contribution is -2.19. The molecule has 20 heavy (non-hydrogen) atoms. The minimum absolute atomic E-state index is 0.0974. The van der Waals surface area contributed by atoms with Crippen molar-refractivity contribution in [2.24, 2.45) is 22.9 Å². The maximum absolute atomic E-state index is 13.8. The third kappa shape index (κ3) is 2.67. The normalized spacial score (nSPS) is 28.8. The van der Waals surface area contributed by atoms with Gasteiger partial charge in [-0.25, -0.2) is 17.9 Å². The molecule has 6 heteroatoms. The van der Waals surface area contributed by atoms with Crippen LogP contribution in [0.5, 0.6) is 5.75 Å². The third-order valence-corrected chi connectivity index (χ3v) is 5.48. The van der Waals surface area contributed by atoms with Gasteiger partial charge >= 0.3 is 0 Å². The van der Waals surface area contributed by atoms with Crippen molar-refractivity contribution in [3.05, 3.63) is 24.0 Å². The first-order valence-corrected chi connectivity index (χ1v) is 8.43. The van der Waals surface area contributed by atoms with Crippen LogP contribution in [0.2, 0.25) is 0 Å². The molecule has 2 N–H and O–H groups in total. The molecule has 0 saturated heterocycles. The van der Waals surface area contributed by atoms with E-state index in [4.69, 9.17) is 9.88 Å². The Morgan fingerprint density at radius 2 is 2.10 bits per heavy atom. The van der Waals surface area contributed by atoms with Crippen LogP contribution in [0, 0.1) is 23.6 Å². The van der Waals surface area contributed by atoms with Crippen molar-refractivity contribution in [2.45, 2.75) is 30.6 Å². The molecule has 2 aliphatic carbocycles. The van der Waals surface area contributed by atoms with E-state index in [2.05, 4.69) is 0 Å². The quantitative estimate of drug-likeness (QED) is 0.927. The molecule has 2 aliphatic rings. The molecule has 2 saturated carbocycles. The molecule has 0 spiro atoms. The van der Waals surface area contributed by atoms with Crippen LogP contribution >= 0.6 is 0 Å². The average molecular weight is 299 g/mol. The zero-order chi connectivity index (χ0) is 14.3. The number of rotatable bonds is 4. The van der Waals surface area contributed by atoms with Gasteiger partial charge in [0.15, 0.2) is 11.6 Å². The Kier molecular flexibility index (Phi) is 3.46. The van der Waals surface area contributed by atoms with Gasteiger partial charge in [0, 0.05) is 0 Å². The fourth-order valence-corrected chi connectivity index (χ4v) is 4.08. The van der Waals surface area contributed by atoms with Crippen LogP contribution in [-0.4, -0.2) is 15.0 Å². The summed E-state index contributed by atoms with van der Waals surface area (Å²) in [5, 5.41) is 4.96. The van der Waals surface area contributed by atoms with Gasteiger partial charge in [-0.1, -0.05) is 6.42 Å². The first kappa shape index (κ1) is 13.8. The second-order valence-electron chi connectivity index (χ2n) is 5.88. The van der Waals surface area contributed by atoms with Crippen LogP contribution in [0.4, 0.5) is 4.39 Å². The summed E-state index contributed by atoms with van der Waals surface area (Å²) in [6.45, 7) is 0.507. The van der Waals surface area contributed by atoms with Crippen molar-refractivity contribution in [1.29, 1.82) is 0 Å². The topological polar surface area (TPSA) is 69.4 Å². The predicted octanol–water partition coefficient (Wildman–Crippen LogP) is 2.29. The first-order chi connectivity index (χ1) is 9.43. The van der Waals surface area contributed by atoms with E-state index in [1.54, 1.807) is 0 Å². The van der Waals surface area contributed by atoms with Crippen LogP contribution in [-0.2, 0) is 10.0 Å². The molecule has 3 atom stereocenters. The first-order valence-electron chi connectivity index (χ1n) is 6.88. The molecule has 3 unspecified atom stereocenters. The van der Waals surface area contributed by atoms with Crippen molar-refractivity contribution < 1.29 is 17.5 Å². The van der Waals surface area contributed by atoms with Crippen LogP contribution in [0.15, 0.2) is 23.1 Å². The van der Waals surface area contributed by atoms with E-state index in [9.17, 15) is 12.8 Å². The summed E-state index contributed by atoms with van der Waals surface area (Å²) in [7, 11) is -3.88. The van der Waals surface area contributed by atoms with Crippen LogP contribution < -0.4 is 9.88 Å². The Hall–Kier alpha value is -1.14. The molecule has 2 bridgehead atoms. The summed E-state index contributed by atoms with van der Waals surface area (Å²) in [4.78, 5) is -0.234. The van der Waals surface area contributed by atoms with Gasteiger partial charge in [0.2, 0.25) is 10.0 Å². The lowest BCUT2D eigenvalue weighted by molar-refractivity contribution is 0.189. The highest BCUT2D eigenvalue weighted by Gasteiger charge is 2.39. The zero-order valence-electron chi connectivity index (χ0n) is 11.1. The standard InChI is InChI=1S/C14H18FNO3S/c15-13-7-12(20(16,17)18)3-4-14(13)19-8-11-6-9-1-2-10(11)5-9/h3-4,7,9-11H,1-2,5-6,8H2,(H2,16,17,18). The second kappa shape index (κ2) is 5.00. The fraction of sp³-hybridized carbons (Fsp3) is 0.571. The number of nitrogens with two attached hydrogens (primary N) is 1. The number of fused-ring (bicyclic) bond motifs is 2. The summed E-state index contributed by atoms with van der Waals surface area (Å²) in [5.41, 5.74) is 0. The van der Waals surface area contributed by atoms with Crippen molar-refractivity contribution in [3.63, 3.8) is 0 Å². The summed E-state index contributed by atoms with van der Waals surface area (Å²) in [6.07, 6.45) is 5.02. The van der Waals surface area contributed by atoms with Crippen LogP contribution in [0.25, 0.3) is 0 Å². The van der Waals surface area contributed by atoms with Gasteiger partial charge in [-0.15, -0.1) is 0 Å². The Bertz CT molecular complexity index is 617. The van der Waals surface area contributed by atoms with E-state index in [1.807, 2.05) is 0 Å². The van der Waals surface area contributed by atoms with Gasteiger partial charge in [0.1, 0.15) is 0 Å². The molecular formula is C14H18FNO3S. The van der Waals surface area contributed by atoms with Crippen molar-refractivity contribution >= 4 is 10.0 Å². The molecule has 4 nitrogen and oxygen atoms in total. The van der Waals surface area contributed by atoms with Crippen LogP contribution in [0.1, 0.15) is 25.7 Å². The van der Waals surface area contributed by atoms with Gasteiger partial charge in [0.25, 0.3) is 0 Å². The van der Waals surface area contributed by atoms with Crippen molar-refractivity contribution in [1.82, 2.24) is 0 Å². The highest BCUT2D eigenvalue weighted by Crippen LogP contribution is 2.48. The molecule has 1 aromatic rings. The van der Waals surface area contributed by atoms with Gasteiger partial charge in [0.05, 0.1) is 11.5 Å². The third-order valence-electron chi connectivity index (χ3n) is 4.57. The second-order valence-corrected chi connectivity index (χ2v) is 7.44. The number of primary sulfonamides is 1. The molecule has 2 fully saturated rings. The summed E-state index contributed by atoms with van der Waals surface area (Å²) in [6, 6.07) is 3.52. The average Bonchev–Trinajstić information content (AvgIpc) is 2.98. The molecule has 0 radical (unpaired) electrons. The zero-order valence-corrected chi connectivity index (χ0v) is 11.9. The number of hydrogen-bond donors (Lipinski definition) is 1. The summed E-state index contributed by atoms with van der Waals surface area (Å²) >= 11 is 0. The van der Waals surface area contributed by atoms with Crippen LogP contribution in [0.3, 0.4) is 0 Å². The number of sulfonamides is 1. The lowest BCUT2D eigenvalue weighted by Gasteiger charge is -2.21. The Morgan fingerprint density at radius 3 is 2.65 bits per heavy atom. The van der Waals surface area contributed by atoms with Crippen molar-refractivity contribution in [3.8, 4) is 5.75 Å². The predicted molar refractivity (Wildman–Crippen MR) is 72.2 cm³/mol. The van der Waals surface area contributed by atoms with E-state index in [1.165, 1.54) is 37.8 Å². The molecule has 1 aromatic carbocycles. The molecule has 0 heterocycles. The monoisotopic (exact) mass is 299 g/mol. The SMILES string of the molecule is NS(=O)(=O)c1ccc(OCC2CC3CCC2C3)c(F)c1. The van der Waals surface area contributed by atoms with Gasteiger partial charge in [-0.3, -0.25) is 0 Å². The smallest absolute Gasteiger partial charge is 0.238 e. The van der Waals surface area contributed by atoms with E-state index >= 15 is 0 Å². The largest absolute Gasteiger partial charge is 0.490 e. The number of halogens is 1. The van der Waals surface area contributed by atoms with Gasteiger partial charge in [-0.05, 0) is 55.2 Å². The molecule has 110 valence electrons. The van der Waals surface area contributed by atoms with Gasteiger partial charge in [-0.2, -0.15) is 0 Å². The summed E-state index contributed by atoms with van der Waals surface area (Å²) in [5.74, 6) is 1.46. The summed E-state index contributed by atoms with van der Waals surface area (Å²) < 4.78 is 41.6. The lowest BCUT2D eigenvalue weighted by atomic mass is 9.89. The molecule has 0 amide bonds. The number of hydrogen-bond acceptors (Lipinski definition) is 3. The van der Waals surface area contributed by atoms with E-state index < -0.39 is 15.8 Å². The Labute approximate surface area is 118 Å². The van der Waals surface area contributed by atoms with Gasteiger partial charge < -0.3 is 4.74 Å². The molecule has 0 aliphatic heterocycles. The number of benzene rings is 1. The van der Waals surface area contributed by atoms with Crippen molar-refractivity contribution in [2.75, 3.05) is 6.61 Å². The van der Waals surface area contributed by atoms with E-state index in [0.29, 0.717) is 18.4 Å². The minimum atomic E-state index is -3.88. The number of ether oxygens (including phenoxy) is 1. The highest BCUT2D eigenvalue weighted by atomic mass is 32.2. The van der Waals surface area contributed by atoms with E-state index in [-0.39, 0.29) is 10.6 Å². The minimum Gasteiger partial charge on any atom is -0.490 e. The fourth-order valence-electron chi connectivity index (χ4n) is 3.55. The molecule has 0 aromatic heterocycles. The molecule has 3 rings (SSSR count). The Balaban J connectivity index is 1.66. The highest BCUT2D eigenvalue weighted by molar-refractivity contribution is 7.89. The molecular weight excluding hydrogens is 281 g/mol. The maximum Gasteiger partial charge on any atom is 0.238 e. The Morgan fingerprint density at radius 1 is 1.30 bits per heavy atom.